The van der Waals surface area contributed by atoms with Gasteiger partial charge in [0.1, 0.15) is 66.8 Å². The first-order valence-corrected chi connectivity index (χ1v) is 22.1. The summed E-state index contributed by atoms with van der Waals surface area (Å²) in [5.41, 5.74) is 21.9. The molecule has 0 saturated heterocycles. The molecular weight excluding hydrogens is 857 g/mol. The van der Waals surface area contributed by atoms with Gasteiger partial charge in [0.2, 0.25) is 23.6 Å². The highest BCUT2D eigenvalue weighted by molar-refractivity contribution is 6.03. The number of amides is 5. The van der Waals surface area contributed by atoms with Crippen LogP contribution in [0.1, 0.15) is 72.9 Å². The van der Waals surface area contributed by atoms with Crippen LogP contribution in [0, 0.1) is 18.3 Å². The van der Waals surface area contributed by atoms with Gasteiger partial charge >= 0.3 is 0 Å². The Labute approximate surface area is 390 Å². The summed E-state index contributed by atoms with van der Waals surface area (Å²) >= 11 is 0. The number of nitrogens with two attached hydrogens (primary N) is 3. The lowest BCUT2D eigenvalue weighted by atomic mass is 9.86. The minimum atomic E-state index is -1.42. The Kier molecular flexibility index (Phi) is 17.3. The van der Waals surface area contributed by atoms with Crippen LogP contribution in [0.2, 0.25) is 0 Å². The molecule has 1 aliphatic heterocycles. The van der Waals surface area contributed by atoms with Crippen molar-refractivity contribution in [3.05, 3.63) is 88.6 Å². The van der Waals surface area contributed by atoms with Gasteiger partial charge in [0.15, 0.2) is 5.82 Å². The van der Waals surface area contributed by atoms with E-state index in [0.29, 0.717) is 45.3 Å². The summed E-state index contributed by atoms with van der Waals surface area (Å²) in [6.07, 6.45) is -0.0201. The summed E-state index contributed by atoms with van der Waals surface area (Å²) in [4.78, 5) is 81.3. The number of nitrogens with zero attached hydrogens (tertiary/aromatic N) is 4. The fourth-order valence-corrected chi connectivity index (χ4v) is 7.63. The molecule has 3 aromatic carbocycles. The van der Waals surface area contributed by atoms with Gasteiger partial charge in [-0.25, -0.2) is 9.97 Å². The molecule has 0 fully saturated rings. The van der Waals surface area contributed by atoms with Crippen LogP contribution in [-0.2, 0) is 31.0 Å². The normalized spacial score (nSPS) is 16.5. The molecule has 0 radical (unpaired) electrons. The number of benzene rings is 3. The summed E-state index contributed by atoms with van der Waals surface area (Å²) in [6, 6.07) is 14.8. The Hall–Kier alpha value is -7.14. The molecule has 0 spiro atoms. The smallest absolute Gasteiger partial charge is 0.257 e. The van der Waals surface area contributed by atoms with Crippen molar-refractivity contribution in [3.8, 4) is 40.1 Å². The number of hydrogen-bond donors (Lipinski definition) is 8. The lowest BCUT2D eigenvalue weighted by Crippen LogP contribution is -2.56. The lowest BCUT2D eigenvalue weighted by molar-refractivity contribution is -0.141. The minimum Gasteiger partial charge on any atom is -0.492 e. The predicted octanol–water partition coefficient (Wildman–Crippen LogP) is 1.97. The van der Waals surface area contributed by atoms with Crippen LogP contribution >= 0.6 is 0 Å². The van der Waals surface area contributed by atoms with E-state index in [0.717, 1.165) is 11.1 Å². The summed E-state index contributed by atoms with van der Waals surface area (Å²) in [5, 5.41) is 22.9. The van der Waals surface area contributed by atoms with Gasteiger partial charge in [-0.1, -0.05) is 57.2 Å². The zero-order valence-corrected chi connectivity index (χ0v) is 39.1. The predicted molar refractivity (Wildman–Crippen MR) is 254 cm³/mol. The van der Waals surface area contributed by atoms with Crippen molar-refractivity contribution in [2.24, 2.45) is 17.2 Å². The number of carbonyl (C=O) groups is 5. The van der Waals surface area contributed by atoms with Crippen LogP contribution in [0.3, 0.4) is 0 Å². The second-order valence-corrected chi connectivity index (χ2v) is 17.1. The Morgan fingerprint density at radius 3 is 2.15 bits per heavy atom. The van der Waals surface area contributed by atoms with Crippen LogP contribution in [0.15, 0.2) is 60.7 Å². The van der Waals surface area contributed by atoms with Crippen molar-refractivity contribution >= 4 is 35.4 Å². The fraction of sp³-hybridized carbons (Fsp3) is 0.417. The number of nitrogens with one attached hydrogen (secondary N) is 5. The number of fused-ring (bicyclic) bond motifs is 5. The molecule has 5 amide bonds. The van der Waals surface area contributed by atoms with Gasteiger partial charge in [0.05, 0.1) is 11.8 Å². The highest BCUT2D eigenvalue weighted by Crippen LogP contribution is 2.40. The van der Waals surface area contributed by atoms with E-state index in [1.54, 1.807) is 50.4 Å². The SMILES string of the molecule is CNc1nc(-c2ccc(C(C)(C)C)cc2)nc(C)c1C(=O)N[C@@H](CCN)C(=O)N(C)[C@@H]1C(=O)N[C@@H](C)C(=O)N[C@H](C(=O)NCC#N)Cc2ccc(OCCN)c(c2)-c2cc1ccc2OCCN. The Morgan fingerprint density at radius 2 is 1.55 bits per heavy atom. The molecule has 5 rings (SSSR count). The first kappa shape index (κ1) is 50.9. The van der Waals surface area contributed by atoms with E-state index in [9.17, 15) is 29.2 Å². The molecule has 0 unspecified atom stereocenters. The van der Waals surface area contributed by atoms with Gasteiger partial charge in [0.25, 0.3) is 5.91 Å². The van der Waals surface area contributed by atoms with E-state index in [2.05, 4.69) is 57.3 Å². The maximum absolute atomic E-state index is 14.8. The molecule has 19 nitrogen and oxygen atoms in total. The van der Waals surface area contributed by atoms with Crippen molar-refractivity contribution in [1.82, 2.24) is 36.1 Å². The number of aryl methyl sites for hydroxylation is 1. The van der Waals surface area contributed by atoms with Crippen LogP contribution in [0.5, 0.6) is 11.5 Å². The van der Waals surface area contributed by atoms with Crippen molar-refractivity contribution in [1.29, 1.82) is 5.26 Å². The third-order valence-corrected chi connectivity index (χ3v) is 11.2. The molecule has 19 heteroatoms. The zero-order valence-electron chi connectivity index (χ0n) is 39.1. The van der Waals surface area contributed by atoms with E-state index in [1.807, 2.05) is 30.3 Å². The van der Waals surface area contributed by atoms with Gasteiger partial charge in [-0.15, -0.1) is 0 Å². The van der Waals surface area contributed by atoms with E-state index < -0.39 is 53.7 Å². The highest BCUT2D eigenvalue weighted by Gasteiger charge is 2.36. The second-order valence-electron chi connectivity index (χ2n) is 17.1. The minimum absolute atomic E-state index is 0.00229. The zero-order chi connectivity index (χ0) is 49.0. The van der Waals surface area contributed by atoms with Gasteiger partial charge in [-0.3, -0.25) is 24.0 Å². The molecule has 4 aromatic rings. The maximum Gasteiger partial charge on any atom is 0.257 e. The lowest BCUT2D eigenvalue weighted by Gasteiger charge is -2.32. The van der Waals surface area contributed by atoms with Crippen molar-refractivity contribution in [2.75, 3.05) is 58.8 Å². The summed E-state index contributed by atoms with van der Waals surface area (Å²) in [5.74, 6) is -2.03. The molecule has 67 heavy (non-hydrogen) atoms. The standard InChI is InChI=1S/C48H62N12O7/c1-27-39(42(53-6)59-41(55-27)30-9-12-32(13-10-30)48(3,4)5)45(63)57-35(16-17-49)47(65)60(7)40-31-11-15-38(67-23-20-52)34(26-31)33-24-29(8-14-37(33)66-22-19-51)25-36(44(62)54-21-18-50)58-43(61)28(2)56-46(40)64/h8-15,24,26,28,35-36,40H,16-17,19-23,25,49,51-52H2,1-7H3,(H,54,62)(H,56,64)(H,57,63)(H,58,61)(H,53,55,59)/t28-,35-,36-,40-/m0/s1. The molecule has 4 atom stereocenters. The number of carbonyl (C=O) groups excluding carboxylic acids is 5. The molecular formula is C48H62N12O7. The second kappa shape index (κ2) is 22.9. The molecule has 1 aliphatic rings. The fourth-order valence-electron chi connectivity index (χ4n) is 7.63. The molecule has 4 bridgehead atoms. The highest BCUT2D eigenvalue weighted by atomic mass is 16.5. The average molecular weight is 919 g/mol. The molecule has 11 N–H and O–H groups in total. The number of hydrogen-bond acceptors (Lipinski definition) is 14. The van der Waals surface area contributed by atoms with E-state index >= 15 is 0 Å². The van der Waals surface area contributed by atoms with E-state index in [-0.39, 0.29) is 69.0 Å². The monoisotopic (exact) mass is 918 g/mol. The van der Waals surface area contributed by atoms with E-state index in [1.165, 1.54) is 18.9 Å². The number of ether oxygens (including phenoxy) is 2. The number of aromatic nitrogens is 2. The average Bonchev–Trinajstić information content (AvgIpc) is 3.30. The molecule has 356 valence electrons. The van der Waals surface area contributed by atoms with Crippen LogP contribution in [-0.4, -0.2) is 116 Å². The quantitative estimate of drug-likeness (QED) is 0.0746. The third kappa shape index (κ3) is 12.4. The molecule has 0 saturated carbocycles. The summed E-state index contributed by atoms with van der Waals surface area (Å²) in [7, 11) is 3.04. The van der Waals surface area contributed by atoms with Gasteiger partial charge < -0.3 is 58.2 Å². The number of rotatable bonds is 16. The number of anilines is 1. The van der Waals surface area contributed by atoms with Gasteiger partial charge in [0, 0.05) is 50.3 Å². The van der Waals surface area contributed by atoms with Crippen molar-refractivity contribution in [3.63, 3.8) is 0 Å². The summed E-state index contributed by atoms with van der Waals surface area (Å²) in [6.45, 7) is 9.81. The number of nitriles is 1. The van der Waals surface area contributed by atoms with Crippen molar-refractivity contribution < 1.29 is 33.4 Å². The molecule has 1 aromatic heterocycles. The van der Waals surface area contributed by atoms with Crippen LogP contribution in [0.4, 0.5) is 5.82 Å². The first-order valence-electron chi connectivity index (χ1n) is 22.1. The Balaban J connectivity index is 1.58. The van der Waals surface area contributed by atoms with Gasteiger partial charge in [-0.2, -0.15) is 5.26 Å². The maximum atomic E-state index is 14.8. The topological polar surface area (TPSA) is 295 Å². The number of likely N-dealkylation sites (N-methyl/N-ethyl adjacent to an activating group) is 1. The first-order chi connectivity index (χ1) is 31.9. The van der Waals surface area contributed by atoms with Crippen LogP contribution < -0.4 is 53.3 Å². The summed E-state index contributed by atoms with van der Waals surface area (Å²) < 4.78 is 12.2. The Bertz CT molecular complexity index is 2480. The van der Waals surface area contributed by atoms with Crippen LogP contribution in [0.25, 0.3) is 22.5 Å². The third-order valence-electron chi connectivity index (χ3n) is 11.2. The van der Waals surface area contributed by atoms with Crippen molar-refractivity contribution in [2.45, 2.75) is 77.0 Å². The Morgan fingerprint density at radius 1 is 0.910 bits per heavy atom. The van der Waals surface area contributed by atoms with Gasteiger partial charge in [-0.05, 0) is 73.2 Å². The largest absolute Gasteiger partial charge is 0.492 e. The molecule has 2 heterocycles. The molecule has 0 aliphatic carbocycles. The van der Waals surface area contributed by atoms with E-state index in [4.69, 9.17) is 26.7 Å².